The number of carbonyl (C=O) groups excluding carboxylic acids is 1. The smallest absolute Gasteiger partial charge is 0.238 e. The highest BCUT2D eigenvalue weighted by atomic mass is 35.5. The Labute approximate surface area is 147 Å². The molecular formula is C19H22ClFN2O. The van der Waals surface area contributed by atoms with E-state index in [0.29, 0.717) is 10.7 Å². The molecule has 0 bridgehead atoms. The predicted molar refractivity (Wildman–Crippen MR) is 96.8 cm³/mol. The molecule has 0 fully saturated rings. The van der Waals surface area contributed by atoms with Gasteiger partial charge in [0.25, 0.3) is 0 Å². The summed E-state index contributed by atoms with van der Waals surface area (Å²) in [6, 6.07) is 11.8. The Kier molecular flexibility index (Phi) is 6.35. The molecule has 5 heteroatoms. The van der Waals surface area contributed by atoms with Crippen LogP contribution in [0.25, 0.3) is 0 Å². The molecule has 0 aliphatic carbocycles. The molecule has 0 heterocycles. The van der Waals surface area contributed by atoms with Gasteiger partial charge in [-0.05, 0) is 48.2 Å². The third-order valence-electron chi connectivity index (χ3n) is 3.78. The molecule has 0 aromatic heterocycles. The van der Waals surface area contributed by atoms with Gasteiger partial charge in [0.15, 0.2) is 0 Å². The summed E-state index contributed by atoms with van der Waals surface area (Å²) in [5.74, 6) is -0.187. The second-order valence-electron chi connectivity index (χ2n) is 6.19. The van der Waals surface area contributed by atoms with E-state index in [4.69, 9.17) is 11.6 Å². The largest absolute Gasteiger partial charge is 0.324 e. The van der Waals surface area contributed by atoms with Crippen molar-refractivity contribution in [2.45, 2.75) is 26.8 Å². The quantitative estimate of drug-likeness (QED) is 0.793. The maximum atomic E-state index is 13.1. The first-order valence-electron chi connectivity index (χ1n) is 7.91. The van der Waals surface area contributed by atoms with Crippen LogP contribution >= 0.6 is 11.6 Å². The standard InChI is InChI=1S/C19H22ClFN2O/c1-12(2)19(14-5-7-15(21)8-6-14)22-11-18(24)23-17-9-4-13(3)10-16(17)20/h4-10,12,19,22H,11H2,1-3H3,(H,23,24)/t19-/m1/s1. The minimum atomic E-state index is -0.270. The van der Waals surface area contributed by atoms with Crippen LogP contribution in [0.5, 0.6) is 0 Å². The molecular weight excluding hydrogens is 327 g/mol. The molecule has 3 nitrogen and oxygen atoms in total. The average Bonchev–Trinajstić information content (AvgIpc) is 2.52. The Morgan fingerprint density at radius 1 is 1.17 bits per heavy atom. The molecule has 2 rings (SSSR count). The van der Waals surface area contributed by atoms with E-state index in [-0.39, 0.29) is 30.2 Å². The molecule has 2 aromatic rings. The van der Waals surface area contributed by atoms with Crippen molar-refractivity contribution in [2.75, 3.05) is 11.9 Å². The van der Waals surface area contributed by atoms with Crippen LogP contribution in [0.4, 0.5) is 10.1 Å². The van der Waals surface area contributed by atoms with Crippen molar-refractivity contribution < 1.29 is 9.18 Å². The number of hydrogen-bond donors (Lipinski definition) is 2. The van der Waals surface area contributed by atoms with Crippen LogP contribution in [0.15, 0.2) is 42.5 Å². The Morgan fingerprint density at radius 3 is 2.42 bits per heavy atom. The fraction of sp³-hybridized carbons (Fsp3) is 0.316. The van der Waals surface area contributed by atoms with Gasteiger partial charge in [0.2, 0.25) is 5.91 Å². The van der Waals surface area contributed by atoms with E-state index in [9.17, 15) is 9.18 Å². The number of anilines is 1. The third-order valence-corrected chi connectivity index (χ3v) is 4.09. The minimum absolute atomic E-state index is 0.0372. The van der Waals surface area contributed by atoms with Crippen molar-refractivity contribution >= 4 is 23.2 Å². The molecule has 2 aromatic carbocycles. The Morgan fingerprint density at radius 2 is 1.83 bits per heavy atom. The van der Waals surface area contributed by atoms with E-state index in [1.54, 1.807) is 24.3 Å². The zero-order chi connectivity index (χ0) is 17.7. The molecule has 0 unspecified atom stereocenters. The summed E-state index contributed by atoms with van der Waals surface area (Å²) in [5.41, 5.74) is 2.58. The van der Waals surface area contributed by atoms with Gasteiger partial charge in [0, 0.05) is 6.04 Å². The summed E-state index contributed by atoms with van der Waals surface area (Å²) >= 11 is 6.13. The average molecular weight is 349 g/mol. The molecule has 0 aliphatic heterocycles. The normalized spacial score (nSPS) is 12.2. The highest BCUT2D eigenvalue weighted by Gasteiger charge is 2.17. The maximum Gasteiger partial charge on any atom is 0.238 e. The maximum absolute atomic E-state index is 13.1. The zero-order valence-electron chi connectivity index (χ0n) is 14.1. The summed E-state index contributed by atoms with van der Waals surface area (Å²) in [5, 5.41) is 6.54. The van der Waals surface area contributed by atoms with Gasteiger partial charge in [-0.15, -0.1) is 0 Å². The van der Waals surface area contributed by atoms with Crippen molar-refractivity contribution in [1.29, 1.82) is 0 Å². The van der Waals surface area contributed by atoms with Crippen molar-refractivity contribution in [3.63, 3.8) is 0 Å². The monoisotopic (exact) mass is 348 g/mol. The number of hydrogen-bond acceptors (Lipinski definition) is 2. The lowest BCUT2D eigenvalue weighted by Gasteiger charge is -2.23. The van der Waals surface area contributed by atoms with Crippen LogP contribution in [0, 0.1) is 18.7 Å². The van der Waals surface area contributed by atoms with Gasteiger partial charge in [-0.2, -0.15) is 0 Å². The first-order chi connectivity index (χ1) is 11.4. The van der Waals surface area contributed by atoms with Gasteiger partial charge in [-0.3, -0.25) is 4.79 Å². The Hall–Kier alpha value is -1.91. The second kappa shape index (κ2) is 8.27. The number of carbonyl (C=O) groups is 1. The van der Waals surface area contributed by atoms with E-state index < -0.39 is 0 Å². The van der Waals surface area contributed by atoms with Gasteiger partial charge < -0.3 is 10.6 Å². The molecule has 0 aliphatic rings. The number of nitrogens with one attached hydrogen (secondary N) is 2. The summed E-state index contributed by atoms with van der Waals surface area (Å²) in [6.45, 7) is 6.19. The molecule has 1 atom stereocenters. The minimum Gasteiger partial charge on any atom is -0.324 e. The van der Waals surface area contributed by atoms with Gasteiger partial charge in [0.05, 0.1) is 17.3 Å². The molecule has 0 spiro atoms. The lowest BCUT2D eigenvalue weighted by atomic mass is 9.96. The van der Waals surface area contributed by atoms with E-state index >= 15 is 0 Å². The second-order valence-corrected chi connectivity index (χ2v) is 6.59. The van der Waals surface area contributed by atoms with E-state index in [1.165, 1.54) is 12.1 Å². The van der Waals surface area contributed by atoms with E-state index in [0.717, 1.165) is 11.1 Å². The number of amides is 1. The van der Waals surface area contributed by atoms with Gasteiger partial charge >= 0.3 is 0 Å². The van der Waals surface area contributed by atoms with Crippen molar-refractivity contribution in [2.24, 2.45) is 5.92 Å². The summed E-state index contributed by atoms with van der Waals surface area (Å²) in [7, 11) is 0. The fourth-order valence-corrected chi connectivity index (χ4v) is 2.81. The Bertz CT molecular complexity index is 701. The van der Waals surface area contributed by atoms with Crippen LogP contribution in [0.3, 0.4) is 0 Å². The van der Waals surface area contributed by atoms with Gasteiger partial charge in [-0.25, -0.2) is 4.39 Å². The lowest BCUT2D eigenvalue weighted by molar-refractivity contribution is -0.115. The third kappa shape index (κ3) is 5.05. The van der Waals surface area contributed by atoms with Crippen LogP contribution in [0.1, 0.15) is 31.0 Å². The first-order valence-corrected chi connectivity index (χ1v) is 8.29. The van der Waals surface area contributed by atoms with Crippen LogP contribution < -0.4 is 10.6 Å². The van der Waals surface area contributed by atoms with Gasteiger partial charge in [-0.1, -0.05) is 43.6 Å². The van der Waals surface area contributed by atoms with Crippen LogP contribution in [-0.4, -0.2) is 12.5 Å². The Balaban J connectivity index is 1.98. The van der Waals surface area contributed by atoms with E-state index in [2.05, 4.69) is 24.5 Å². The van der Waals surface area contributed by atoms with E-state index in [1.807, 2.05) is 13.0 Å². The van der Waals surface area contributed by atoms with Crippen LogP contribution in [-0.2, 0) is 4.79 Å². The first kappa shape index (κ1) is 18.4. The van der Waals surface area contributed by atoms with Crippen LogP contribution in [0.2, 0.25) is 5.02 Å². The molecule has 0 saturated heterocycles. The molecule has 2 N–H and O–H groups in total. The van der Waals surface area contributed by atoms with Gasteiger partial charge in [0.1, 0.15) is 5.82 Å². The SMILES string of the molecule is Cc1ccc(NC(=O)CN[C@@H](c2ccc(F)cc2)C(C)C)c(Cl)c1. The number of aryl methyl sites for hydroxylation is 1. The highest BCUT2D eigenvalue weighted by molar-refractivity contribution is 6.33. The van der Waals surface area contributed by atoms with Crippen molar-refractivity contribution in [3.8, 4) is 0 Å². The topological polar surface area (TPSA) is 41.1 Å². The van der Waals surface area contributed by atoms with Crippen molar-refractivity contribution in [1.82, 2.24) is 5.32 Å². The highest BCUT2D eigenvalue weighted by Crippen LogP contribution is 2.23. The molecule has 0 radical (unpaired) electrons. The number of rotatable bonds is 6. The zero-order valence-corrected chi connectivity index (χ0v) is 14.8. The van der Waals surface area contributed by atoms with Crippen molar-refractivity contribution in [3.05, 3.63) is 64.4 Å². The summed E-state index contributed by atoms with van der Waals surface area (Å²) in [4.78, 5) is 12.2. The predicted octanol–water partition coefficient (Wildman–Crippen LogP) is 4.71. The number of halogens is 2. The molecule has 1 amide bonds. The summed E-state index contributed by atoms with van der Waals surface area (Å²) in [6.07, 6.45) is 0. The lowest BCUT2D eigenvalue weighted by Crippen LogP contribution is -2.33. The molecule has 0 saturated carbocycles. The molecule has 128 valence electrons. The fourth-order valence-electron chi connectivity index (χ4n) is 2.53. The molecule has 24 heavy (non-hydrogen) atoms. The number of benzene rings is 2. The summed E-state index contributed by atoms with van der Waals surface area (Å²) < 4.78 is 13.1.